The van der Waals surface area contributed by atoms with E-state index in [1.54, 1.807) is 12.1 Å². The fourth-order valence-corrected chi connectivity index (χ4v) is 1.96. The lowest BCUT2D eigenvalue weighted by Gasteiger charge is -2.11. The van der Waals surface area contributed by atoms with Gasteiger partial charge in [0.25, 0.3) is 0 Å². The number of benzene rings is 2. The maximum Gasteiger partial charge on any atom is 0.138 e. The molecule has 0 fully saturated rings. The van der Waals surface area contributed by atoms with Crippen LogP contribution < -0.4 is 10.5 Å². The van der Waals surface area contributed by atoms with Crippen molar-refractivity contribution in [2.24, 2.45) is 5.73 Å². The number of hydrogen-bond donors (Lipinski definition) is 2. The molecule has 0 unspecified atom stereocenters. The molecule has 0 saturated heterocycles. The summed E-state index contributed by atoms with van der Waals surface area (Å²) in [7, 11) is 0. The number of aryl methyl sites for hydroxylation is 1. The van der Waals surface area contributed by atoms with Crippen LogP contribution in [-0.2, 0) is 0 Å². The molecule has 0 aliphatic rings. The molecule has 0 atom stereocenters. The number of ether oxygens (including phenoxy) is 1. The van der Waals surface area contributed by atoms with Crippen molar-refractivity contribution in [1.82, 2.24) is 0 Å². The van der Waals surface area contributed by atoms with Crippen LogP contribution in [0.15, 0.2) is 40.9 Å². The summed E-state index contributed by atoms with van der Waals surface area (Å²) in [6, 6.07) is 9.72. The lowest BCUT2D eigenvalue weighted by molar-refractivity contribution is 0.478. The molecule has 19 heavy (non-hydrogen) atoms. The molecule has 98 valence electrons. The van der Waals surface area contributed by atoms with Crippen molar-refractivity contribution in [2.45, 2.75) is 6.92 Å². The molecule has 2 rings (SSSR count). The fourth-order valence-electron chi connectivity index (χ4n) is 1.60. The highest BCUT2D eigenvalue weighted by Crippen LogP contribution is 2.29. The summed E-state index contributed by atoms with van der Waals surface area (Å²) in [5, 5.41) is 7.52. The van der Waals surface area contributed by atoms with E-state index in [-0.39, 0.29) is 11.7 Å². The molecule has 2 aromatic carbocycles. The first-order valence-electron chi connectivity index (χ1n) is 5.55. The van der Waals surface area contributed by atoms with Gasteiger partial charge in [-0.1, -0.05) is 6.07 Å². The van der Waals surface area contributed by atoms with E-state index in [2.05, 4.69) is 15.9 Å². The van der Waals surface area contributed by atoms with E-state index in [0.29, 0.717) is 21.5 Å². The maximum absolute atomic E-state index is 13.2. The third-order valence-corrected chi connectivity index (χ3v) is 3.15. The van der Waals surface area contributed by atoms with Gasteiger partial charge in [-0.15, -0.1) is 0 Å². The summed E-state index contributed by atoms with van der Waals surface area (Å²) in [5.74, 6) is 0.520. The van der Waals surface area contributed by atoms with Crippen LogP contribution >= 0.6 is 15.9 Å². The maximum atomic E-state index is 13.2. The summed E-state index contributed by atoms with van der Waals surface area (Å²) in [4.78, 5) is 0. The number of nitrogen functional groups attached to an aromatic ring is 1. The molecule has 0 saturated carbocycles. The Morgan fingerprint density at radius 1 is 1.26 bits per heavy atom. The van der Waals surface area contributed by atoms with Gasteiger partial charge in [0.15, 0.2) is 0 Å². The molecular formula is C14H12BrFN2O. The lowest BCUT2D eigenvalue weighted by Crippen LogP contribution is -2.12. The van der Waals surface area contributed by atoms with Gasteiger partial charge < -0.3 is 10.5 Å². The average molecular weight is 323 g/mol. The number of rotatable bonds is 3. The van der Waals surface area contributed by atoms with E-state index >= 15 is 0 Å². The van der Waals surface area contributed by atoms with Crippen LogP contribution in [0.2, 0.25) is 0 Å². The van der Waals surface area contributed by atoms with E-state index in [1.165, 1.54) is 18.2 Å². The third kappa shape index (κ3) is 3.12. The molecule has 2 aromatic rings. The number of halogens is 2. The molecule has 3 nitrogen and oxygen atoms in total. The monoisotopic (exact) mass is 322 g/mol. The first-order valence-corrected chi connectivity index (χ1v) is 6.34. The molecule has 0 aromatic heterocycles. The van der Waals surface area contributed by atoms with Crippen LogP contribution in [0.1, 0.15) is 11.1 Å². The normalized spacial score (nSPS) is 10.3. The van der Waals surface area contributed by atoms with Gasteiger partial charge in [0, 0.05) is 0 Å². The van der Waals surface area contributed by atoms with Crippen LogP contribution in [0, 0.1) is 18.2 Å². The van der Waals surface area contributed by atoms with Gasteiger partial charge in [-0.25, -0.2) is 4.39 Å². The number of amidine groups is 1. The van der Waals surface area contributed by atoms with Crippen LogP contribution in [0.3, 0.4) is 0 Å². The minimum absolute atomic E-state index is 0.0730. The SMILES string of the molecule is Cc1ccc(C(=N)N)c(Oc2ccc(F)c(Br)c2)c1. The largest absolute Gasteiger partial charge is 0.457 e. The van der Waals surface area contributed by atoms with Crippen molar-refractivity contribution in [2.75, 3.05) is 0 Å². The smallest absolute Gasteiger partial charge is 0.138 e. The van der Waals surface area contributed by atoms with Gasteiger partial charge in [0.2, 0.25) is 0 Å². The number of hydrogen-bond acceptors (Lipinski definition) is 2. The van der Waals surface area contributed by atoms with E-state index in [0.717, 1.165) is 5.56 Å². The average Bonchev–Trinajstić information content (AvgIpc) is 2.33. The standard InChI is InChI=1S/C14H12BrFN2O/c1-8-2-4-10(14(17)18)13(6-8)19-9-3-5-12(16)11(15)7-9/h2-7H,1H3,(H3,17,18). The summed E-state index contributed by atoms with van der Waals surface area (Å²) in [6.07, 6.45) is 0. The summed E-state index contributed by atoms with van der Waals surface area (Å²) in [5.41, 5.74) is 7.00. The van der Waals surface area contributed by atoms with Gasteiger partial charge in [-0.05, 0) is 58.7 Å². The summed E-state index contributed by atoms with van der Waals surface area (Å²) < 4.78 is 19.1. The zero-order valence-corrected chi connectivity index (χ0v) is 11.8. The second-order valence-electron chi connectivity index (χ2n) is 4.09. The Kier molecular flexibility index (Phi) is 3.85. The van der Waals surface area contributed by atoms with E-state index in [9.17, 15) is 4.39 Å². The van der Waals surface area contributed by atoms with Crippen molar-refractivity contribution in [3.8, 4) is 11.5 Å². The molecule has 0 aliphatic carbocycles. The quantitative estimate of drug-likeness (QED) is 0.663. The molecule has 0 bridgehead atoms. The van der Waals surface area contributed by atoms with Gasteiger partial charge in [-0.2, -0.15) is 0 Å². The Labute approximate surface area is 118 Å². The predicted molar refractivity (Wildman–Crippen MR) is 76.4 cm³/mol. The Balaban J connectivity index is 2.39. The first kappa shape index (κ1) is 13.5. The first-order chi connectivity index (χ1) is 8.97. The number of nitrogens with one attached hydrogen (secondary N) is 1. The van der Waals surface area contributed by atoms with Crippen LogP contribution in [0.4, 0.5) is 4.39 Å². The Hall–Kier alpha value is -1.88. The molecule has 5 heteroatoms. The van der Waals surface area contributed by atoms with Gasteiger partial charge in [0.1, 0.15) is 23.2 Å². The molecular weight excluding hydrogens is 311 g/mol. The molecule has 0 aliphatic heterocycles. The third-order valence-electron chi connectivity index (χ3n) is 2.55. The lowest BCUT2D eigenvalue weighted by atomic mass is 10.1. The van der Waals surface area contributed by atoms with Gasteiger partial charge >= 0.3 is 0 Å². The van der Waals surface area contributed by atoms with E-state index in [4.69, 9.17) is 15.9 Å². The van der Waals surface area contributed by atoms with Gasteiger partial charge in [0.05, 0.1) is 10.0 Å². The van der Waals surface area contributed by atoms with Crippen LogP contribution in [-0.4, -0.2) is 5.84 Å². The van der Waals surface area contributed by atoms with Crippen LogP contribution in [0.5, 0.6) is 11.5 Å². The highest BCUT2D eigenvalue weighted by Gasteiger charge is 2.09. The highest BCUT2D eigenvalue weighted by atomic mass is 79.9. The molecule has 0 spiro atoms. The Morgan fingerprint density at radius 3 is 2.63 bits per heavy atom. The second-order valence-corrected chi connectivity index (χ2v) is 4.95. The van der Waals surface area contributed by atoms with Crippen molar-refractivity contribution < 1.29 is 9.13 Å². The topological polar surface area (TPSA) is 59.1 Å². The van der Waals surface area contributed by atoms with E-state index in [1.807, 2.05) is 13.0 Å². The van der Waals surface area contributed by atoms with Crippen molar-refractivity contribution >= 4 is 21.8 Å². The molecule has 0 heterocycles. The minimum Gasteiger partial charge on any atom is -0.457 e. The second kappa shape index (κ2) is 5.40. The number of nitrogens with two attached hydrogens (primary N) is 1. The Morgan fingerprint density at radius 2 is 2.00 bits per heavy atom. The fraction of sp³-hybridized carbons (Fsp3) is 0.0714. The van der Waals surface area contributed by atoms with Crippen LogP contribution in [0.25, 0.3) is 0 Å². The van der Waals surface area contributed by atoms with Crippen molar-refractivity contribution in [3.05, 3.63) is 57.8 Å². The van der Waals surface area contributed by atoms with Gasteiger partial charge in [-0.3, -0.25) is 5.41 Å². The molecule has 0 radical (unpaired) electrons. The summed E-state index contributed by atoms with van der Waals surface area (Å²) >= 11 is 3.10. The summed E-state index contributed by atoms with van der Waals surface area (Å²) in [6.45, 7) is 1.91. The van der Waals surface area contributed by atoms with E-state index < -0.39 is 0 Å². The highest BCUT2D eigenvalue weighted by molar-refractivity contribution is 9.10. The van der Waals surface area contributed by atoms with Crippen molar-refractivity contribution in [3.63, 3.8) is 0 Å². The van der Waals surface area contributed by atoms with Crippen molar-refractivity contribution in [1.29, 1.82) is 5.41 Å². The molecule has 3 N–H and O–H groups in total. The zero-order valence-electron chi connectivity index (χ0n) is 10.2. The zero-order chi connectivity index (χ0) is 14.0. The predicted octanol–water partition coefficient (Wildman–Crippen LogP) is 3.97. The Bertz CT molecular complexity index is 643. The molecule has 0 amide bonds. The minimum atomic E-state index is -0.358.